The Morgan fingerprint density at radius 3 is 2.61 bits per heavy atom. The van der Waals surface area contributed by atoms with E-state index in [1.165, 1.54) is 24.9 Å². The van der Waals surface area contributed by atoms with E-state index in [1.54, 1.807) is 0 Å². The van der Waals surface area contributed by atoms with Gasteiger partial charge < -0.3 is 10.1 Å². The standard InChI is InChI=1S/C15H20BrNO/c1-2-18-14-10-13(15(14)8-3-9-15)17-12-6-4-11(16)5-7-12/h4-7,13-14,17H,2-3,8-10H2,1H3. The van der Waals surface area contributed by atoms with Crippen LogP contribution in [0.3, 0.4) is 0 Å². The lowest BCUT2D eigenvalue weighted by molar-refractivity contribution is -0.157. The number of rotatable bonds is 4. The van der Waals surface area contributed by atoms with Gasteiger partial charge in [-0.15, -0.1) is 0 Å². The molecule has 18 heavy (non-hydrogen) atoms. The number of hydrogen-bond donors (Lipinski definition) is 1. The molecule has 0 bridgehead atoms. The quantitative estimate of drug-likeness (QED) is 0.899. The topological polar surface area (TPSA) is 21.3 Å². The van der Waals surface area contributed by atoms with E-state index in [0.29, 0.717) is 17.6 Å². The summed E-state index contributed by atoms with van der Waals surface area (Å²) in [6.45, 7) is 2.94. The molecule has 2 aliphatic carbocycles. The van der Waals surface area contributed by atoms with Crippen molar-refractivity contribution >= 4 is 21.6 Å². The Hall–Kier alpha value is -0.540. The molecule has 2 unspecified atom stereocenters. The highest BCUT2D eigenvalue weighted by atomic mass is 79.9. The lowest BCUT2D eigenvalue weighted by Gasteiger charge is -2.61. The molecule has 0 radical (unpaired) electrons. The van der Waals surface area contributed by atoms with E-state index in [9.17, 15) is 0 Å². The lowest BCUT2D eigenvalue weighted by atomic mass is 9.51. The Morgan fingerprint density at radius 1 is 1.33 bits per heavy atom. The van der Waals surface area contributed by atoms with E-state index in [4.69, 9.17) is 4.74 Å². The second-order valence-corrected chi connectivity index (χ2v) is 6.39. The summed E-state index contributed by atoms with van der Waals surface area (Å²) in [5.41, 5.74) is 1.66. The maximum atomic E-state index is 5.88. The molecule has 3 heteroatoms. The molecular formula is C15H20BrNO. The molecule has 0 amide bonds. The Kier molecular flexibility index (Phi) is 3.37. The highest BCUT2D eigenvalue weighted by Gasteiger charge is 2.58. The van der Waals surface area contributed by atoms with Crippen molar-refractivity contribution in [2.24, 2.45) is 5.41 Å². The molecule has 0 aliphatic heterocycles. The fraction of sp³-hybridized carbons (Fsp3) is 0.600. The summed E-state index contributed by atoms with van der Waals surface area (Å²) in [7, 11) is 0. The van der Waals surface area contributed by atoms with E-state index >= 15 is 0 Å². The van der Waals surface area contributed by atoms with Crippen LogP contribution in [-0.2, 0) is 4.74 Å². The maximum Gasteiger partial charge on any atom is 0.0670 e. The van der Waals surface area contributed by atoms with Crippen molar-refractivity contribution < 1.29 is 4.74 Å². The summed E-state index contributed by atoms with van der Waals surface area (Å²) < 4.78 is 7.01. The van der Waals surface area contributed by atoms with Gasteiger partial charge in [0.15, 0.2) is 0 Å². The number of anilines is 1. The molecule has 1 aromatic rings. The SMILES string of the molecule is CCOC1CC(Nc2ccc(Br)cc2)C12CCC2. The molecule has 2 saturated carbocycles. The van der Waals surface area contributed by atoms with E-state index in [1.807, 2.05) is 0 Å². The van der Waals surface area contributed by atoms with E-state index in [-0.39, 0.29) is 0 Å². The van der Waals surface area contributed by atoms with Crippen molar-refractivity contribution in [2.45, 2.75) is 44.8 Å². The molecule has 0 heterocycles. The van der Waals surface area contributed by atoms with Crippen molar-refractivity contribution in [3.63, 3.8) is 0 Å². The monoisotopic (exact) mass is 309 g/mol. The van der Waals surface area contributed by atoms with Crippen LogP contribution >= 0.6 is 15.9 Å². The van der Waals surface area contributed by atoms with Gasteiger partial charge in [-0.2, -0.15) is 0 Å². The van der Waals surface area contributed by atoms with Gasteiger partial charge in [0.25, 0.3) is 0 Å². The Labute approximate surface area is 117 Å². The zero-order chi connectivity index (χ0) is 12.6. The van der Waals surface area contributed by atoms with Crippen LogP contribution in [0, 0.1) is 5.41 Å². The number of nitrogens with one attached hydrogen (secondary N) is 1. The Morgan fingerprint density at radius 2 is 2.06 bits per heavy atom. The van der Waals surface area contributed by atoms with Crippen molar-refractivity contribution in [1.29, 1.82) is 0 Å². The van der Waals surface area contributed by atoms with Crippen molar-refractivity contribution in [3.8, 4) is 0 Å². The van der Waals surface area contributed by atoms with Crippen LogP contribution in [0.5, 0.6) is 0 Å². The van der Waals surface area contributed by atoms with E-state index < -0.39 is 0 Å². The van der Waals surface area contributed by atoms with Crippen LogP contribution < -0.4 is 5.32 Å². The van der Waals surface area contributed by atoms with Gasteiger partial charge in [0.2, 0.25) is 0 Å². The van der Waals surface area contributed by atoms with Crippen LogP contribution in [0.1, 0.15) is 32.6 Å². The molecular weight excluding hydrogens is 290 g/mol. The first-order chi connectivity index (χ1) is 8.74. The third-order valence-corrected chi connectivity index (χ3v) is 5.15. The Balaban J connectivity index is 1.66. The highest BCUT2D eigenvalue weighted by molar-refractivity contribution is 9.10. The molecule has 1 spiro atoms. The van der Waals surface area contributed by atoms with Crippen LogP contribution in [0.2, 0.25) is 0 Å². The van der Waals surface area contributed by atoms with Gasteiger partial charge in [-0.25, -0.2) is 0 Å². The normalized spacial score (nSPS) is 28.6. The fourth-order valence-electron chi connectivity index (χ4n) is 3.39. The lowest BCUT2D eigenvalue weighted by Crippen LogP contribution is -2.64. The minimum Gasteiger partial charge on any atom is -0.382 e. The third kappa shape index (κ3) is 1.97. The molecule has 2 nitrogen and oxygen atoms in total. The summed E-state index contributed by atoms with van der Waals surface area (Å²) in [5, 5.41) is 3.69. The van der Waals surface area contributed by atoms with Crippen LogP contribution in [-0.4, -0.2) is 18.8 Å². The highest BCUT2D eigenvalue weighted by Crippen LogP contribution is 2.58. The van der Waals surface area contributed by atoms with Crippen LogP contribution in [0.25, 0.3) is 0 Å². The Bertz CT molecular complexity index is 413. The first-order valence-electron chi connectivity index (χ1n) is 6.88. The summed E-state index contributed by atoms with van der Waals surface area (Å²) in [5.74, 6) is 0. The average molecular weight is 310 g/mol. The van der Waals surface area contributed by atoms with Gasteiger partial charge in [-0.1, -0.05) is 22.4 Å². The molecule has 0 saturated heterocycles. The van der Waals surface area contributed by atoms with Crippen molar-refractivity contribution in [2.75, 3.05) is 11.9 Å². The first-order valence-corrected chi connectivity index (χ1v) is 7.67. The second-order valence-electron chi connectivity index (χ2n) is 5.47. The van der Waals surface area contributed by atoms with Gasteiger partial charge in [0.1, 0.15) is 0 Å². The summed E-state index contributed by atoms with van der Waals surface area (Å²) in [4.78, 5) is 0. The maximum absolute atomic E-state index is 5.88. The smallest absolute Gasteiger partial charge is 0.0670 e. The molecule has 2 atom stereocenters. The number of halogens is 1. The zero-order valence-corrected chi connectivity index (χ0v) is 12.4. The molecule has 1 N–H and O–H groups in total. The summed E-state index contributed by atoms with van der Waals surface area (Å²) >= 11 is 3.47. The zero-order valence-electron chi connectivity index (χ0n) is 10.8. The summed E-state index contributed by atoms with van der Waals surface area (Å²) in [6, 6.07) is 9.07. The average Bonchev–Trinajstić information content (AvgIpc) is 2.28. The molecule has 2 aliphatic rings. The van der Waals surface area contributed by atoms with E-state index in [0.717, 1.165) is 17.5 Å². The second kappa shape index (κ2) is 4.86. The number of ether oxygens (including phenoxy) is 1. The van der Waals surface area contributed by atoms with Gasteiger partial charge in [0, 0.05) is 28.2 Å². The van der Waals surface area contributed by atoms with E-state index in [2.05, 4.69) is 52.4 Å². The predicted molar refractivity (Wildman–Crippen MR) is 77.9 cm³/mol. The van der Waals surface area contributed by atoms with Crippen molar-refractivity contribution in [1.82, 2.24) is 0 Å². The predicted octanol–water partition coefficient (Wildman–Crippen LogP) is 4.21. The van der Waals surface area contributed by atoms with Crippen LogP contribution in [0.4, 0.5) is 5.69 Å². The minimum atomic E-state index is 0.434. The first kappa shape index (κ1) is 12.5. The van der Waals surface area contributed by atoms with Crippen molar-refractivity contribution in [3.05, 3.63) is 28.7 Å². The van der Waals surface area contributed by atoms with Gasteiger partial charge in [-0.3, -0.25) is 0 Å². The third-order valence-electron chi connectivity index (χ3n) is 4.62. The molecule has 1 aromatic carbocycles. The van der Waals surface area contributed by atoms with Gasteiger partial charge in [0.05, 0.1) is 6.10 Å². The van der Waals surface area contributed by atoms with Crippen LogP contribution in [0.15, 0.2) is 28.7 Å². The minimum absolute atomic E-state index is 0.434. The van der Waals surface area contributed by atoms with Gasteiger partial charge in [-0.05, 0) is 50.5 Å². The van der Waals surface area contributed by atoms with Gasteiger partial charge >= 0.3 is 0 Å². The number of hydrogen-bond acceptors (Lipinski definition) is 2. The fourth-order valence-corrected chi connectivity index (χ4v) is 3.65. The number of benzene rings is 1. The molecule has 3 rings (SSSR count). The largest absolute Gasteiger partial charge is 0.382 e. The molecule has 2 fully saturated rings. The molecule has 98 valence electrons. The molecule has 0 aromatic heterocycles. The summed E-state index contributed by atoms with van der Waals surface area (Å²) in [6.07, 6.45) is 5.66.